The molecule has 0 aromatic carbocycles. The van der Waals surface area contributed by atoms with E-state index in [1.807, 2.05) is 6.92 Å². The summed E-state index contributed by atoms with van der Waals surface area (Å²) in [5.41, 5.74) is 1.06. The lowest BCUT2D eigenvalue weighted by molar-refractivity contribution is -0.123. The van der Waals surface area contributed by atoms with E-state index in [2.05, 4.69) is 17.2 Å². The van der Waals surface area contributed by atoms with Crippen molar-refractivity contribution in [3.63, 3.8) is 0 Å². The van der Waals surface area contributed by atoms with Gasteiger partial charge in [0.1, 0.15) is 0 Å². The van der Waals surface area contributed by atoms with E-state index >= 15 is 0 Å². The fourth-order valence-electron chi connectivity index (χ4n) is 2.45. The zero-order chi connectivity index (χ0) is 14.4. The summed E-state index contributed by atoms with van der Waals surface area (Å²) in [6.45, 7) is 6.36. The van der Waals surface area contributed by atoms with E-state index in [-0.39, 0.29) is 5.91 Å². The van der Waals surface area contributed by atoms with Gasteiger partial charge >= 0.3 is 0 Å². The van der Waals surface area contributed by atoms with Gasteiger partial charge in [0.15, 0.2) is 0 Å². The Labute approximate surface area is 124 Å². The summed E-state index contributed by atoms with van der Waals surface area (Å²) in [6, 6.07) is 0. The number of hydrogen-bond donors (Lipinski definition) is 1. The highest BCUT2D eigenvalue weighted by Gasteiger charge is 2.17. The van der Waals surface area contributed by atoms with Crippen LogP contribution in [0.15, 0.2) is 0 Å². The number of nitrogens with one attached hydrogen (secondary N) is 1. The van der Waals surface area contributed by atoms with Crippen LogP contribution in [0.2, 0.25) is 0 Å². The average molecular weight is 296 g/mol. The lowest BCUT2D eigenvalue weighted by Crippen LogP contribution is -2.28. The topological polar surface area (TPSA) is 51.2 Å². The predicted octanol–water partition coefficient (Wildman–Crippen LogP) is 2.84. The molecule has 1 atom stereocenters. The maximum atomic E-state index is 11.9. The summed E-state index contributed by atoms with van der Waals surface area (Å²) < 4.78 is 5.41. The van der Waals surface area contributed by atoms with Crippen LogP contribution < -0.4 is 5.32 Å². The normalized spacial score (nSPS) is 19.0. The molecule has 112 valence electrons. The molecule has 0 saturated carbocycles. The van der Waals surface area contributed by atoms with Gasteiger partial charge in [0.05, 0.1) is 17.2 Å². The van der Waals surface area contributed by atoms with Crippen LogP contribution in [0.4, 0.5) is 0 Å². The molecule has 1 aliphatic rings. The molecule has 5 heteroatoms. The zero-order valence-corrected chi connectivity index (χ0v) is 13.2. The standard InChI is InChI=1S/C15H24N2O2S/c1-3-5-15-17-11(2)13(20-15)9-16-14(18)8-12-6-4-7-19-10-12/h12H,3-10H2,1-2H3,(H,16,18). The summed E-state index contributed by atoms with van der Waals surface area (Å²) in [5, 5.41) is 4.19. The van der Waals surface area contributed by atoms with Crippen molar-refractivity contribution in [2.75, 3.05) is 13.2 Å². The van der Waals surface area contributed by atoms with E-state index in [0.717, 1.165) is 44.6 Å². The molecule has 1 aromatic heterocycles. The van der Waals surface area contributed by atoms with Crippen LogP contribution in [0.25, 0.3) is 0 Å². The third kappa shape index (κ3) is 4.56. The lowest BCUT2D eigenvalue weighted by atomic mass is 9.98. The Hall–Kier alpha value is -0.940. The molecule has 20 heavy (non-hydrogen) atoms. The van der Waals surface area contributed by atoms with Crippen molar-refractivity contribution in [1.82, 2.24) is 10.3 Å². The van der Waals surface area contributed by atoms with Gasteiger partial charge in [-0.2, -0.15) is 0 Å². The third-order valence-corrected chi connectivity index (χ3v) is 4.79. The van der Waals surface area contributed by atoms with Gasteiger partial charge in [0, 0.05) is 24.5 Å². The number of carbonyl (C=O) groups is 1. The Bertz CT molecular complexity index is 439. The Morgan fingerprint density at radius 3 is 3.10 bits per heavy atom. The second-order valence-corrected chi connectivity index (χ2v) is 6.60. The summed E-state index contributed by atoms with van der Waals surface area (Å²) in [5.74, 6) is 0.521. The molecule has 0 radical (unpaired) electrons. The number of ether oxygens (including phenoxy) is 1. The number of aryl methyl sites for hydroxylation is 2. The molecule has 1 N–H and O–H groups in total. The van der Waals surface area contributed by atoms with Crippen molar-refractivity contribution >= 4 is 17.2 Å². The third-order valence-electron chi connectivity index (χ3n) is 3.58. The van der Waals surface area contributed by atoms with Crippen molar-refractivity contribution < 1.29 is 9.53 Å². The van der Waals surface area contributed by atoms with Crippen LogP contribution >= 0.6 is 11.3 Å². The molecular formula is C15H24N2O2S. The SMILES string of the molecule is CCCc1nc(C)c(CNC(=O)CC2CCCOC2)s1. The molecule has 1 fully saturated rings. The largest absolute Gasteiger partial charge is 0.381 e. The number of aromatic nitrogens is 1. The van der Waals surface area contributed by atoms with Gasteiger partial charge in [-0.15, -0.1) is 11.3 Å². The molecule has 1 unspecified atom stereocenters. The van der Waals surface area contributed by atoms with E-state index in [1.54, 1.807) is 11.3 Å². The van der Waals surface area contributed by atoms with E-state index in [4.69, 9.17) is 4.74 Å². The number of thiazole rings is 1. The molecule has 1 amide bonds. The number of hydrogen-bond acceptors (Lipinski definition) is 4. The summed E-state index contributed by atoms with van der Waals surface area (Å²) >= 11 is 1.72. The van der Waals surface area contributed by atoms with E-state index in [9.17, 15) is 4.79 Å². The van der Waals surface area contributed by atoms with Gasteiger partial charge < -0.3 is 10.1 Å². The van der Waals surface area contributed by atoms with Crippen molar-refractivity contribution in [2.24, 2.45) is 5.92 Å². The van der Waals surface area contributed by atoms with Gasteiger partial charge in [-0.05, 0) is 38.5 Å². The number of rotatable bonds is 6. The maximum absolute atomic E-state index is 11.9. The van der Waals surface area contributed by atoms with Gasteiger partial charge in [0.25, 0.3) is 0 Å². The Kier molecular flexibility index (Phi) is 5.98. The average Bonchev–Trinajstić information content (AvgIpc) is 2.78. The molecule has 1 saturated heterocycles. The molecular weight excluding hydrogens is 272 g/mol. The predicted molar refractivity (Wildman–Crippen MR) is 80.9 cm³/mol. The van der Waals surface area contributed by atoms with Crippen LogP contribution in [-0.4, -0.2) is 24.1 Å². The highest BCUT2D eigenvalue weighted by molar-refractivity contribution is 7.11. The number of nitrogens with zero attached hydrogens (tertiary/aromatic N) is 1. The quantitative estimate of drug-likeness (QED) is 0.878. The van der Waals surface area contributed by atoms with Crippen LogP contribution in [0, 0.1) is 12.8 Å². The first kappa shape index (κ1) is 15.4. The molecule has 0 aliphatic carbocycles. The highest BCUT2D eigenvalue weighted by atomic mass is 32.1. The van der Waals surface area contributed by atoms with Crippen molar-refractivity contribution in [2.45, 2.75) is 52.5 Å². The Balaban J connectivity index is 1.77. The summed E-state index contributed by atoms with van der Waals surface area (Å²) in [7, 11) is 0. The second-order valence-electron chi connectivity index (χ2n) is 5.43. The monoisotopic (exact) mass is 296 g/mol. The molecule has 4 nitrogen and oxygen atoms in total. The van der Waals surface area contributed by atoms with Gasteiger partial charge in [-0.3, -0.25) is 4.79 Å². The van der Waals surface area contributed by atoms with Crippen molar-refractivity contribution in [1.29, 1.82) is 0 Å². The minimum Gasteiger partial charge on any atom is -0.381 e. The maximum Gasteiger partial charge on any atom is 0.220 e. The molecule has 0 bridgehead atoms. The highest BCUT2D eigenvalue weighted by Crippen LogP contribution is 2.20. The van der Waals surface area contributed by atoms with Crippen molar-refractivity contribution in [3.05, 3.63) is 15.6 Å². The van der Waals surface area contributed by atoms with Crippen LogP contribution in [-0.2, 0) is 22.5 Å². The summed E-state index contributed by atoms with van der Waals surface area (Å²) in [4.78, 5) is 17.7. The van der Waals surface area contributed by atoms with Crippen LogP contribution in [0.1, 0.15) is 48.2 Å². The zero-order valence-electron chi connectivity index (χ0n) is 12.4. The Morgan fingerprint density at radius 1 is 1.55 bits per heavy atom. The number of carbonyl (C=O) groups excluding carboxylic acids is 1. The fraction of sp³-hybridized carbons (Fsp3) is 0.733. The lowest BCUT2D eigenvalue weighted by Gasteiger charge is -2.21. The molecule has 1 aromatic rings. The smallest absolute Gasteiger partial charge is 0.220 e. The van der Waals surface area contributed by atoms with Crippen molar-refractivity contribution in [3.8, 4) is 0 Å². The van der Waals surface area contributed by atoms with Gasteiger partial charge in [0.2, 0.25) is 5.91 Å². The van der Waals surface area contributed by atoms with Crippen LogP contribution in [0.5, 0.6) is 0 Å². The first-order valence-corrected chi connectivity index (χ1v) is 8.30. The summed E-state index contributed by atoms with van der Waals surface area (Å²) in [6.07, 6.45) is 4.90. The first-order valence-electron chi connectivity index (χ1n) is 7.48. The van der Waals surface area contributed by atoms with Gasteiger partial charge in [-0.1, -0.05) is 6.92 Å². The van der Waals surface area contributed by atoms with E-state index in [0.29, 0.717) is 18.9 Å². The van der Waals surface area contributed by atoms with Gasteiger partial charge in [-0.25, -0.2) is 4.98 Å². The van der Waals surface area contributed by atoms with E-state index in [1.165, 1.54) is 9.88 Å². The molecule has 2 rings (SSSR count). The minimum absolute atomic E-state index is 0.130. The Morgan fingerprint density at radius 2 is 2.40 bits per heavy atom. The number of amides is 1. The molecule has 1 aliphatic heterocycles. The fourth-order valence-corrected chi connectivity index (χ4v) is 3.57. The second kappa shape index (κ2) is 7.74. The van der Waals surface area contributed by atoms with E-state index < -0.39 is 0 Å². The molecule has 2 heterocycles. The first-order chi connectivity index (χ1) is 9.69. The minimum atomic E-state index is 0.130. The van der Waals surface area contributed by atoms with Crippen LogP contribution in [0.3, 0.4) is 0 Å². The molecule has 0 spiro atoms.